The van der Waals surface area contributed by atoms with E-state index in [9.17, 15) is 9.90 Å². The minimum atomic E-state index is -0.328. The Bertz CT molecular complexity index is 439. The Hall–Kier alpha value is -1.35. The van der Waals surface area contributed by atoms with Crippen LogP contribution in [0.2, 0.25) is 0 Å². The first kappa shape index (κ1) is 15.0. The van der Waals surface area contributed by atoms with Crippen molar-refractivity contribution in [1.29, 1.82) is 0 Å². The van der Waals surface area contributed by atoms with Crippen LogP contribution in [0.3, 0.4) is 0 Å². The van der Waals surface area contributed by atoms with Crippen molar-refractivity contribution in [3.8, 4) is 0 Å². The first-order valence-electron chi connectivity index (χ1n) is 7.59. The number of hydrogen-bond donors (Lipinski definition) is 1. The van der Waals surface area contributed by atoms with Crippen LogP contribution in [0.4, 0.5) is 0 Å². The third-order valence-corrected chi connectivity index (χ3v) is 4.06. The second-order valence-corrected chi connectivity index (χ2v) is 5.95. The number of benzene rings is 1. The third-order valence-electron chi connectivity index (χ3n) is 4.06. The molecule has 0 radical (unpaired) electrons. The topological polar surface area (TPSA) is 40.5 Å². The zero-order chi connectivity index (χ0) is 14.5. The smallest absolute Gasteiger partial charge is 0.223 e. The van der Waals surface area contributed by atoms with E-state index in [1.165, 1.54) is 11.1 Å². The lowest BCUT2D eigenvalue weighted by Gasteiger charge is -2.25. The van der Waals surface area contributed by atoms with Crippen LogP contribution in [0.25, 0.3) is 0 Å². The molecule has 0 saturated carbocycles. The summed E-state index contributed by atoms with van der Waals surface area (Å²) in [4.78, 5) is 14.3. The van der Waals surface area contributed by atoms with Crippen LogP contribution in [0.5, 0.6) is 0 Å². The van der Waals surface area contributed by atoms with E-state index in [2.05, 4.69) is 31.2 Å². The Morgan fingerprint density at radius 1 is 1.40 bits per heavy atom. The highest BCUT2D eigenvalue weighted by atomic mass is 16.3. The Morgan fingerprint density at radius 3 is 2.75 bits per heavy atom. The van der Waals surface area contributed by atoms with Gasteiger partial charge in [0.2, 0.25) is 5.91 Å². The molecule has 1 fully saturated rings. The molecule has 0 spiro atoms. The number of carbonyl (C=O) groups excluding carboxylic acids is 1. The molecule has 110 valence electrons. The monoisotopic (exact) mass is 275 g/mol. The summed E-state index contributed by atoms with van der Waals surface area (Å²) in [7, 11) is 0. The first-order chi connectivity index (χ1) is 9.56. The van der Waals surface area contributed by atoms with Crippen LogP contribution < -0.4 is 0 Å². The van der Waals surface area contributed by atoms with Crippen LogP contribution in [-0.2, 0) is 11.2 Å². The van der Waals surface area contributed by atoms with Crippen molar-refractivity contribution >= 4 is 5.91 Å². The second kappa shape index (κ2) is 6.89. The van der Waals surface area contributed by atoms with E-state index in [1.807, 2.05) is 4.90 Å². The summed E-state index contributed by atoms with van der Waals surface area (Å²) in [6.45, 7) is 4.72. The maximum atomic E-state index is 12.3. The van der Waals surface area contributed by atoms with Gasteiger partial charge in [0.05, 0.1) is 6.10 Å². The molecule has 1 saturated heterocycles. The number of nitrogens with zero attached hydrogens (tertiary/aromatic N) is 1. The van der Waals surface area contributed by atoms with Crippen LogP contribution >= 0.6 is 0 Å². The number of aryl methyl sites for hydroxylation is 2. The van der Waals surface area contributed by atoms with E-state index in [4.69, 9.17) is 0 Å². The first-order valence-corrected chi connectivity index (χ1v) is 7.59. The van der Waals surface area contributed by atoms with Gasteiger partial charge in [0.15, 0.2) is 0 Å². The fraction of sp³-hybridized carbons (Fsp3) is 0.588. The summed E-state index contributed by atoms with van der Waals surface area (Å²) < 4.78 is 0. The summed E-state index contributed by atoms with van der Waals surface area (Å²) in [6.07, 6.45) is 3.84. The Kier molecular flexibility index (Phi) is 5.18. The molecule has 0 unspecified atom stereocenters. The molecule has 1 aromatic rings. The number of aliphatic hydroxyl groups excluding tert-OH is 1. The quantitative estimate of drug-likeness (QED) is 0.897. The van der Waals surface area contributed by atoms with E-state index in [-0.39, 0.29) is 18.1 Å². The normalized spacial score (nSPS) is 20.1. The lowest BCUT2D eigenvalue weighted by atomic mass is 10.1. The van der Waals surface area contributed by atoms with Gasteiger partial charge in [0, 0.05) is 19.0 Å². The van der Waals surface area contributed by atoms with Gasteiger partial charge in [-0.2, -0.15) is 0 Å². The molecule has 20 heavy (non-hydrogen) atoms. The molecule has 2 rings (SSSR count). The molecular formula is C17H25NO2. The number of amides is 1. The van der Waals surface area contributed by atoms with Gasteiger partial charge >= 0.3 is 0 Å². The van der Waals surface area contributed by atoms with Gasteiger partial charge in [-0.15, -0.1) is 0 Å². The van der Waals surface area contributed by atoms with Crippen LogP contribution in [-0.4, -0.2) is 34.6 Å². The van der Waals surface area contributed by atoms with Gasteiger partial charge in [-0.3, -0.25) is 4.79 Å². The molecule has 3 heteroatoms. The number of rotatable bonds is 5. The van der Waals surface area contributed by atoms with Crippen LogP contribution in [0, 0.1) is 6.92 Å². The maximum Gasteiger partial charge on any atom is 0.223 e. The van der Waals surface area contributed by atoms with Gasteiger partial charge in [0.1, 0.15) is 0 Å². The minimum absolute atomic E-state index is 0.230. The zero-order valence-electron chi connectivity index (χ0n) is 12.5. The maximum absolute atomic E-state index is 12.3. The number of aliphatic hydroxyl groups is 1. The van der Waals surface area contributed by atoms with Crippen LogP contribution in [0.15, 0.2) is 24.3 Å². The summed E-state index contributed by atoms with van der Waals surface area (Å²) >= 11 is 0. The largest absolute Gasteiger partial charge is 0.393 e. The Labute approximate surface area is 121 Å². The molecule has 0 aromatic heterocycles. The fourth-order valence-electron chi connectivity index (χ4n) is 2.95. The number of likely N-dealkylation sites (tertiary alicyclic amines) is 1. The number of carbonyl (C=O) groups is 1. The van der Waals surface area contributed by atoms with Gasteiger partial charge in [0.25, 0.3) is 0 Å². The average Bonchev–Trinajstić information content (AvgIpc) is 2.85. The van der Waals surface area contributed by atoms with Crippen molar-refractivity contribution in [2.24, 2.45) is 0 Å². The molecule has 1 N–H and O–H groups in total. The molecule has 1 aliphatic rings. The molecule has 0 bridgehead atoms. The minimum Gasteiger partial charge on any atom is -0.393 e. The predicted molar refractivity (Wildman–Crippen MR) is 80.5 cm³/mol. The highest BCUT2D eigenvalue weighted by Gasteiger charge is 2.28. The summed E-state index contributed by atoms with van der Waals surface area (Å²) in [5.41, 5.74) is 2.46. The van der Waals surface area contributed by atoms with Gasteiger partial charge in [-0.1, -0.05) is 29.8 Å². The zero-order valence-corrected chi connectivity index (χ0v) is 12.5. The van der Waals surface area contributed by atoms with E-state index in [0.29, 0.717) is 12.8 Å². The van der Waals surface area contributed by atoms with Gasteiger partial charge in [-0.25, -0.2) is 0 Å². The van der Waals surface area contributed by atoms with Crippen molar-refractivity contribution in [2.75, 3.05) is 6.54 Å². The lowest BCUT2D eigenvalue weighted by Crippen LogP contribution is -2.37. The highest BCUT2D eigenvalue weighted by Crippen LogP contribution is 2.22. The molecule has 3 nitrogen and oxygen atoms in total. The summed E-state index contributed by atoms with van der Waals surface area (Å²) in [5.74, 6) is 0.230. The number of hydrogen-bond acceptors (Lipinski definition) is 2. The predicted octanol–water partition coefficient (Wildman–Crippen LogP) is 2.69. The molecule has 1 heterocycles. The standard InChI is InChI=1S/C17H25NO2/c1-13-5-7-15(8-6-13)9-10-17(20)18-11-3-4-16(18)12-14(2)19/h5-8,14,16,19H,3-4,9-12H2,1-2H3/t14-,16+/m0/s1. The molecule has 1 aromatic carbocycles. The molecular weight excluding hydrogens is 250 g/mol. The van der Waals surface area contributed by atoms with E-state index in [1.54, 1.807) is 6.92 Å². The molecule has 1 amide bonds. The van der Waals surface area contributed by atoms with Crippen LogP contribution in [0.1, 0.15) is 43.7 Å². The lowest BCUT2D eigenvalue weighted by molar-refractivity contribution is -0.132. The van der Waals surface area contributed by atoms with E-state index >= 15 is 0 Å². The highest BCUT2D eigenvalue weighted by molar-refractivity contribution is 5.77. The van der Waals surface area contributed by atoms with E-state index in [0.717, 1.165) is 25.8 Å². The third kappa shape index (κ3) is 4.07. The van der Waals surface area contributed by atoms with E-state index < -0.39 is 0 Å². The van der Waals surface area contributed by atoms with Crippen molar-refractivity contribution in [3.05, 3.63) is 35.4 Å². The second-order valence-electron chi connectivity index (χ2n) is 5.95. The van der Waals surface area contributed by atoms with Gasteiger partial charge < -0.3 is 10.0 Å². The Balaban J connectivity index is 1.86. The van der Waals surface area contributed by atoms with Crippen molar-refractivity contribution in [3.63, 3.8) is 0 Å². The molecule has 2 atom stereocenters. The van der Waals surface area contributed by atoms with Crippen molar-refractivity contribution in [2.45, 2.75) is 58.1 Å². The SMILES string of the molecule is Cc1ccc(CCC(=O)N2CCC[C@@H]2C[C@H](C)O)cc1. The average molecular weight is 275 g/mol. The summed E-state index contributed by atoms with van der Waals surface area (Å²) in [6, 6.07) is 8.61. The van der Waals surface area contributed by atoms with Crippen molar-refractivity contribution < 1.29 is 9.90 Å². The summed E-state index contributed by atoms with van der Waals surface area (Å²) in [5, 5.41) is 9.51. The molecule has 1 aliphatic heterocycles. The van der Waals surface area contributed by atoms with Crippen molar-refractivity contribution in [1.82, 2.24) is 4.90 Å². The Morgan fingerprint density at radius 2 is 2.10 bits per heavy atom. The van der Waals surface area contributed by atoms with Gasteiger partial charge in [-0.05, 0) is 45.1 Å². The molecule has 0 aliphatic carbocycles. The fourth-order valence-corrected chi connectivity index (χ4v) is 2.95.